The molecule has 6 nitrogen and oxygen atoms in total. The van der Waals surface area contributed by atoms with Gasteiger partial charge >= 0.3 is 12.3 Å². The second-order valence-electron chi connectivity index (χ2n) is 7.98. The molecular formula is C23H19F3N4O2. The van der Waals surface area contributed by atoms with Crippen LogP contribution < -0.4 is 4.90 Å². The van der Waals surface area contributed by atoms with Gasteiger partial charge < -0.3 is 4.74 Å². The lowest BCUT2D eigenvalue weighted by Gasteiger charge is -2.34. The average molecular weight is 440 g/mol. The first-order chi connectivity index (χ1) is 15.3. The number of ether oxygens (including phenoxy) is 1. The van der Waals surface area contributed by atoms with E-state index in [4.69, 9.17) is 4.74 Å². The smallest absolute Gasteiger partial charge is 0.413 e. The van der Waals surface area contributed by atoms with Crippen molar-refractivity contribution < 1.29 is 22.7 Å². The van der Waals surface area contributed by atoms with E-state index < -0.39 is 23.9 Å². The van der Waals surface area contributed by atoms with Gasteiger partial charge in [-0.05, 0) is 30.2 Å². The minimum absolute atomic E-state index is 0.101. The van der Waals surface area contributed by atoms with Crippen molar-refractivity contribution in [2.75, 3.05) is 11.4 Å². The maximum Gasteiger partial charge on any atom is 0.413 e. The van der Waals surface area contributed by atoms with Crippen molar-refractivity contribution in [3.8, 4) is 0 Å². The van der Waals surface area contributed by atoms with E-state index in [9.17, 15) is 18.0 Å². The summed E-state index contributed by atoms with van der Waals surface area (Å²) >= 11 is 0. The number of alkyl halides is 3. The lowest BCUT2D eigenvalue weighted by Crippen LogP contribution is -2.54. The van der Waals surface area contributed by atoms with Crippen molar-refractivity contribution in [1.82, 2.24) is 14.9 Å². The molecule has 1 aromatic heterocycles. The summed E-state index contributed by atoms with van der Waals surface area (Å²) in [5, 5.41) is 0. The molecule has 5 rings (SSSR count). The predicted octanol–water partition coefficient (Wildman–Crippen LogP) is 4.72. The third kappa shape index (κ3) is 3.16. The molecule has 2 aromatic carbocycles. The summed E-state index contributed by atoms with van der Waals surface area (Å²) in [5.41, 5.74) is 0.213. The van der Waals surface area contributed by atoms with Crippen molar-refractivity contribution in [3.05, 3.63) is 83.7 Å². The minimum Gasteiger partial charge on any atom is -0.433 e. The lowest BCUT2D eigenvalue weighted by atomic mass is 9.88. The van der Waals surface area contributed by atoms with E-state index in [-0.39, 0.29) is 24.7 Å². The average Bonchev–Trinajstić information content (AvgIpc) is 3.22. The highest BCUT2D eigenvalue weighted by atomic mass is 19.4. The van der Waals surface area contributed by atoms with Gasteiger partial charge in [0.1, 0.15) is 0 Å². The maximum atomic E-state index is 14.6. The van der Waals surface area contributed by atoms with Crippen LogP contribution in [0.4, 0.5) is 29.6 Å². The fourth-order valence-corrected chi connectivity index (χ4v) is 4.55. The summed E-state index contributed by atoms with van der Waals surface area (Å²) in [6.07, 6.45) is -2.74. The van der Waals surface area contributed by atoms with Crippen LogP contribution in [0, 0.1) is 6.92 Å². The highest BCUT2D eigenvalue weighted by Gasteiger charge is 2.69. The topological polar surface area (TPSA) is 58.6 Å². The number of benzene rings is 2. The van der Waals surface area contributed by atoms with E-state index >= 15 is 0 Å². The molecule has 9 heteroatoms. The fourth-order valence-electron chi connectivity index (χ4n) is 4.55. The first-order valence-corrected chi connectivity index (χ1v) is 10.1. The maximum absolute atomic E-state index is 14.6. The normalized spacial score (nSPS) is 22.4. The molecule has 164 valence electrons. The SMILES string of the molecule is Cc1ccc2c(c1)N(c1ncccn1)C(C(F)(F)F)C21CN(Cc2ccccc2)C(=O)O1. The van der Waals surface area contributed by atoms with E-state index in [2.05, 4.69) is 9.97 Å². The zero-order valence-corrected chi connectivity index (χ0v) is 17.1. The number of hydrogen-bond acceptors (Lipinski definition) is 5. The molecule has 1 amide bonds. The van der Waals surface area contributed by atoms with Crippen LogP contribution in [0.1, 0.15) is 16.7 Å². The van der Waals surface area contributed by atoms with Crippen LogP contribution in [0.3, 0.4) is 0 Å². The number of amides is 1. The number of aromatic nitrogens is 2. The molecule has 0 aliphatic carbocycles. The molecule has 0 N–H and O–H groups in total. The molecule has 2 unspecified atom stereocenters. The van der Waals surface area contributed by atoms with Gasteiger partial charge in [0.05, 0.1) is 12.2 Å². The fraction of sp³-hybridized carbons (Fsp3) is 0.261. The highest BCUT2D eigenvalue weighted by Crippen LogP contribution is 2.56. The van der Waals surface area contributed by atoms with E-state index in [1.165, 1.54) is 23.4 Å². The largest absolute Gasteiger partial charge is 0.433 e. The first kappa shape index (κ1) is 20.3. The highest BCUT2D eigenvalue weighted by molar-refractivity contribution is 5.78. The molecule has 32 heavy (non-hydrogen) atoms. The van der Waals surface area contributed by atoms with E-state index in [1.54, 1.807) is 25.1 Å². The monoisotopic (exact) mass is 440 g/mol. The molecular weight excluding hydrogens is 421 g/mol. The van der Waals surface area contributed by atoms with Gasteiger partial charge in [-0.1, -0.05) is 42.5 Å². The number of aryl methyl sites for hydroxylation is 1. The number of fused-ring (bicyclic) bond motifs is 2. The molecule has 0 radical (unpaired) electrons. The van der Waals surface area contributed by atoms with Crippen molar-refractivity contribution in [2.45, 2.75) is 31.3 Å². The number of halogens is 3. The summed E-state index contributed by atoms with van der Waals surface area (Å²) < 4.78 is 49.5. The third-order valence-electron chi connectivity index (χ3n) is 5.82. The molecule has 0 saturated carbocycles. The second kappa shape index (κ2) is 7.22. The molecule has 2 atom stereocenters. The van der Waals surface area contributed by atoms with Crippen LogP contribution in [0.2, 0.25) is 0 Å². The standard InChI is InChI=1S/C23H19F3N4O2/c1-15-8-9-17-18(12-15)30(20-27-10-5-11-28-20)19(23(24,25)26)22(17)14-29(21(31)32-22)13-16-6-3-2-4-7-16/h2-12,19H,13-14H2,1H3. The molecule has 1 fully saturated rings. The van der Waals surface area contributed by atoms with Gasteiger partial charge in [0, 0.05) is 24.5 Å². The predicted molar refractivity (Wildman–Crippen MR) is 110 cm³/mol. The summed E-state index contributed by atoms with van der Waals surface area (Å²) in [4.78, 5) is 23.3. The van der Waals surface area contributed by atoms with Gasteiger partial charge in [0.2, 0.25) is 5.95 Å². The van der Waals surface area contributed by atoms with Crippen molar-refractivity contribution in [1.29, 1.82) is 0 Å². The van der Waals surface area contributed by atoms with Gasteiger partial charge in [-0.25, -0.2) is 14.8 Å². The van der Waals surface area contributed by atoms with E-state index in [0.29, 0.717) is 5.56 Å². The first-order valence-electron chi connectivity index (χ1n) is 10.1. The summed E-state index contributed by atoms with van der Waals surface area (Å²) in [6, 6.07) is 13.4. The number of nitrogens with zero attached hydrogens (tertiary/aromatic N) is 4. The van der Waals surface area contributed by atoms with Crippen LogP contribution in [-0.4, -0.2) is 39.7 Å². The van der Waals surface area contributed by atoms with E-state index in [1.807, 2.05) is 30.3 Å². The van der Waals surface area contributed by atoms with Crippen LogP contribution in [0.5, 0.6) is 0 Å². The molecule has 2 aliphatic heterocycles. The molecule has 2 aliphatic rings. The van der Waals surface area contributed by atoms with Crippen molar-refractivity contribution in [2.24, 2.45) is 0 Å². The Morgan fingerprint density at radius 3 is 2.50 bits per heavy atom. The number of carbonyl (C=O) groups is 1. The number of hydrogen-bond donors (Lipinski definition) is 0. The summed E-state index contributed by atoms with van der Waals surface area (Å²) in [7, 11) is 0. The quantitative estimate of drug-likeness (QED) is 0.590. The molecule has 1 saturated heterocycles. The number of rotatable bonds is 3. The molecule has 3 aromatic rings. The Hall–Kier alpha value is -3.62. The van der Waals surface area contributed by atoms with Gasteiger partial charge in [0.25, 0.3) is 0 Å². The number of anilines is 2. The zero-order valence-electron chi connectivity index (χ0n) is 17.1. The minimum atomic E-state index is -4.73. The Morgan fingerprint density at radius 1 is 1.09 bits per heavy atom. The van der Waals surface area contributed by atoms with Gasteiger partial charge in [-0.15, -0.1) is 0 Å². The zero-order chi connectivity index (χ0) is 22.5. The molecule has 0 bridgehead atoms. The summed E-state index contributed by atoms with van der Waals surface area (Å²) in [5.74, 6) is -0.101. The second-order valence-corrected chi connectivity index (χ2v) is 7.98. The Bertz CT molecular complexity index is 1160. The lowest BCUT2D eigenvalue weighted by molar-refractivity contribution is -0.183. The molecule has 3 heterocycles. The van der Waals surface area contributed by atoms with E-state index in [0.717, 1.165) is 16.0 Å². The van der Waals surface area contributed by atoms with Crippen LogP contribution in [0.25, 0.3) is 0 Å². The number of carbonyl (C=O) groups excluding carboxylic acids is 1. The Morgan fingerprint density at radius 2 is 1.81 bits per heavy atom. The summed E-state index contributed by atoms with van der Waals surface area (Å²) in [6.45, 7) is 1.69. The Labute approximate surface area is 182 Å². The van der Waals surface area contributed by atoms with Crippen molar-refractivity contribution in [3.63, 3.8) is 0 Å². The third-order valence-corrected chi connectivity index (χ3v) is 5.82. The van der Waals surface area contributed by atoms with Crippen molar-refractivity contribution >= 4 is 17.7 Å². The van der Waals surface area contributed by atoms with Gasteiger partial charge in [0.15, 0.2) is 11.6 Å². The van der Waals surface area contributed by atoms with Crippen LogP contribution in [-0.2, 0) is 16.9 Å². The van der Waals surface area contributed by atoms with Gasteiger partial charge in [-0.2, -0.15) is 13.2 Å². The van der Waals surface area contributed by atoms with Crippen LogP contribution >= 0.6 is 0 Å². The Kier molecular flexibility index (Phi) is 4.58. The van der Waals surface area contributed by atoms with Crippen LogP contribution in [0.15, 0.2) is 67.0 Å². The van der Waals surface area contributed by atoms with Gasteiger partial charge in [-0.3, -0.25) is 9.80 Å². The Balaban J connectivity index is 1.65. The molecule has 1 spiro atoms.